The molecule has 0 aliphatic heterocycles. The number of hydrogen-bond acceptors (Lipinski definition) is 7. The average Bonchev–Trinajstić information content (AvgIpc) is 3.27. The minimum absolute atomic E-state index is 0.0270. The second-order valence-corrected chi connectivity index (χ2v) is 20.3. The predicted molar refractivity (Wildman–Crippen MR) is 279 cm³/mol. The zero-order chi connectivity index (χ0) is 48.5. The van der Waals surface area contributed by atoms with Gasteiger partial charge in [-0.2, -0.15) is 0 Å². The molecule has 0 aliphatic carbocycles. The first kappa shape index (κ1) is 63.5. The molecule has 0 aromatic heterocycles. The van der Waals surface area contributed by atoms with Crippen molar-refractivity contribution in [2.45, 2.75) is 225 Å². The van der Waals surface area contributed by atoms with Gasteiger partial charge in [0.1, 0.15) is 19.8 Å². The van der Waals surface area contributed by atoms with Crippen molar-refractivity contribution in [3.05, 3.63) is 72.9 Å². The molecule has 382 valence electrons. The van der Waals surface area contributed by atoms with E-state index in [2.05, 4.69) is 86.8 Å². The molecule has 1 N–H and O–H groups in total. The van der Waals surface area contributed by atoms with Crippen molar-refractivity contribution in [2.24, 2.45) is 0 Å². The van der Waals surface area contributed by atoms with Crippen molar-refractivity contribution in [1.29, 1.82) is 0 Å². The number of quaternary nitrogens is 1. The van der Waals surface area contributed by atoms with E-state index in [1.807, 2.05) is 21.1 Å². The molecule has 0 aliphatic rings. The largest absolute Gasteiger partial charge is 0.472 e. The normalized spacial score (nSPS) is 14.0. The molecule has 2 atom stereocenters. The second-order valence-electron chi connectivity index (χ2n) is 18.9. The second kappa shape index (κ2) is 47.5. The van der Waals surface area contributed by atoms with Crippen molar-refractivity contribution in [1.82, 2.24) is 0 Å². The molecular weight excluding hydrogens is 846 g/mol. The fraction of sp³-hybridized carbons (Fsp3) is 0.750. The van der Waals surface area contributed by atoms with E-state index in [4.69, 9.17) is 18.5 Å². The van der Waals surface area contributed by atoms with Crippen molar-refractivity contribution in [3.63, 3.8) is 0 Å². The third-order valence-corrected chi connectivity index (χ3v) is 12.2. The lowest BCUT2D eigenvalue weighted by molar-refractivity contribution is -0.870. The molecule has 0 saturated carbocycles. The van der Waals surface area contributed by atoms with Gasteiger partial charge in [0.2, 0.25) is 0 Å². The Kier molecular flexibility index (Phi) is 45.7. The van der Waals surface area contributed by atoms with Crippen molar-refractivity contribution < 1.29 is 42.1 Å². The van der Waals surface area contributed by atoms with Crippen LogP contribution in [-0.2, 0) is 32.7 Å². The van der Waals surface area contributed by atoms with Crippen LogP contribution in [0.4, 0.5) is 0 Å². The standard InChI is InChI=1S/C56H100NO8P/c1-6-8-10-12-14-16-18-20-22-24-25-26-27-28-29-30-31-33-35-37-39-41-43-45-47-49-56(59)65-54(53-64-66(60,61)63-51-50-57(3,4)5)52-62-55(58)48-46-44-42-40-38-36-34-32-23-21-19-17-15-13-11-9-7-2/h8,10,14,16,20-23,25-26,28-29,54H,6-7,9,11-13,15,17-19,24,27,30-53H2,1-5H3/p+1/b10-8-,16-14-,22-20-,23-21-,26-25-,29-28-. The Morgan fingerprint density at radius 1 is 0.485 bits per heavy atom. The van der Waals surface area contributed by atoms with Crippen LogP contribution < -0.4 is 0 Å². The van der Waals surface area contributed by atoms with Crippen LogP contribution in [0.5, 0.6) is 0 Å². The van der Waals surface area contributed by atoms with Crippen molar-refractivity contribution >= 4 is 19.8 Å². The molecule has 0 saturated heterocycles. The molecule has 10 heteroatoms. The molecule has 9 nitrogen and oxygen atoms in total. The van der Waals surface area contributed by atoms with Gasteiger partial charge < -0.3 is 18.9 Å². The predicted octanol–water partition coefficient (Wildman–Crippen LogP) is 16.1. The van der Waals surface area contributed by atoms with E-state index in [9.17, 15) is 19.0 Å². The highest BCUT2D eigenvalue weighted by molar-refractivity contribution is 7.47. The maximum Gasteiger partial charge on any atom is 0.472 e. The van der Waals surface area contributed by atoms with Gasteiger partial charge in [-0.3, -0.25) is 18.6 Å². The number of rotatable bonds is 48. The maximum atomic E-state index is 12.8. The number of unbranched alkanes of at least 4 members (excludes halogenated alkanes) is 22. The molecule has 0 aromatic rings. The molecule has 0 radical (unpaired) electrons. The van der Waals surface area contributed by atoms with E-state index in [-0.39, 0.29) is 32.0 Å². The quantitative estimate of drug-likeness (QED) is 0.0211. The van der Waals surface area contributed by atoms with Gasteiger partial charge in [0.15, 0.2) is 6.10 Å². The van der Waals surface area contributed by atoms with E-state index < -0.39 is 26.5 Å². The Morgan fingerprint density at radius 2 is 0.864 bits per heavy atom. The zero-order valence-electron chi connectivity index (χ0n) is 43.2. The van der Waals surface area contributed by atoms with Crippen LogP contribution >= 0.6 is 7.82 Å². The van der Waals surface area contributed by atoms with E-state index in [0.29, 0.717) is 17.4 Å². The Labute approximate surface area is 406 Å². The topological polar surface area (TPSA) is 108 Å². The van der Waals surface area contributed by atoms with Gasteiger partial charge in [-0.1, -0.05) is 196 Å². The number of nitrogens with zero attached hydrogens (tertiary/aromatic N) is 1. The number of phosphoric ester groups is 1. The Hall–Kier alpha value is -2.55. The van der Waals surface area contributed by atoms with E-state index in [0.717, 1.165) is 89.9 Å². The van der Waals surface area contributed by atoms with Crippen LogP contribution in [0.3, 0.4) is 0 Å². The van der Waals surface area contributed by atoms with Gasteiger partial charge >= 0.3 is 19.8 Å². The van der Waals surface area contributed by atoms with Crippen LogP contribution in [0, 0.1) is 0 Å². The number of esters is 2. The number of carbonyl (C=O) groups excluding carboxylic acids is 2. The van der Waals surface area contributed by atoms with Crippen LogP contribution in [0.2, 0.25) is 0 Å². The van der Waals surface area contributed by atoms with Gasteiger partial charge in [-0.25, -0.2) is 4.57 Å². The molecule has 66 heavy (non-hydrogen) atoms. The first-order valence-electron chi connectivity index (χ1n) is 26.7. The summed E-state index contributed by atoms with van der Waals surface area (Å²) in [6, 6.07) is 0. The third kappa shape index (κ3) is 50.9. The first-order chi connectivity index (χ1) is 32.0. The van der Waals surface area contributed by atoms with Gasteiger partial charge in [0.25, 0.3) is 0 Å². The highest BCUT2D eigenvalue weighted by Crippen LogP contribution is 2.43. The van der Waals surface area contributed by atoms with Crippen LogP contribution in [-0.4, -0.2) is 74.9 Å². The summed E-state index contributed by atoms with van der Waals surface area (Å²) in [5.41, 5.74) is 0. The summed E-state index contributed by atoms with van der Waals surface area (Å²) in [5, 5.41) is 0. The minimum Gasteiger partial charge on any atom is -0.462 e. The number of carbonyl (C=O) groups is 2. The third-order valence-electron chi connectivity index (χ3n) is 11.2. The lowest BCUT2D eigenvalue weighted by Gasteiger charge is -2.24. The lowest BCUT2D eigenvalue weighted by Crippen LogP contribution is -2.37. The highest BCUT2D eigenvalue weighted by Gasteiger charge is 2.27. The number of phosphoric acid groups is 1. The highest BCUT2D eigenvalue weighted by atomic mass is 31.2. The van der Waals surface area contributed by atoms with Gasteiger partial charge in [0, 0.05) is 12.8 Å². The molecule has 0 heterocycles. The van der Waals surface area contributed by atoms with Crippen molar-refractivity contribution in [2.75, 3.05) is 47.5 Å². The van der Waals surface area contributed by atoms with Gasteiger partial charge in [-0.15, -0.1) is 0 Å². The molecule has 0 fully saturated rings. The van der Waals surface area contributed by atoms with Crippen LogP contribution in [0.1, 0.15) is 219 Å². The lowest BCUT2D eigenvalue weighted by atomic mass is 10.1. The number of likely N-dealkylation sites (N-methyl/N-ethyl adjacent to an activating group) is 1. The Balaban J connectivity index is 4.25. The maximum absolute atomic E-state index is 12.8. The first-order valence-corrected chi connectivity index (χ1v) is 28.2. The average molecular weight is 947 g/mol. The summed E-state index contributed by atoms with van der Waals surface area (Å²) >= 11 is 0. The Morgan fingerprint density at radius 3 is 1.30 bits per heavy atom. The molecule has 0 aromatic carbocycles. The summed E-state index contributed by atoms with van der Waals surface area (Å²) in [7, 11) is 1.46. The minimum atomic E-state index is -4.39. The summed E-state index contributed by atoms with van der Waals surface area (Å²) in [5.74, 6) is -0.810. The van der Waals surface area contributed by atoms with E-state index in [1.54, 1.807) is 0 Å². The SMILES string of the molecule is CC/C=C\C/C=C\C/C=C\C/C=C\C/C=C\CCCCCCCCCCCC(=O)OC(COC(=O)CCCCCCCCC/C=C\CCCCCCCC)COP(=O)(O)OCC[N+](C)(C)C. The number of hydrogen-bond donors (Lipinski definition) is 1. The summed E-state index contributed by atoms with van der Waals surface area (Å²) < 4.78 is 34.5. The summed E-state index contributed by atoms with van der Waals surface area (Å²) in [6.07, 6.45) is 60.9. The van der Waals surface area contributed by atoms with Crippen LogP contribution in [0.25, 0.3) is 0 Å². The number of allylic oxidation sites excluding steroid dienone is 12. The molecule has 0 bridgehead atoms. The molecular formula is C56H101NO8P+. The Bertz CT molecular complexity index is 1350. The van der Waals surface area contributed by atoms with Crippen molar-refractivity contribution in [3.8, 4) is 0 Å². The molecule has 0 rings (SSSR count). The zero-order valence-corrected chi connectivity index (χ0v) is 44.1. The number of ether oxygens (including phenoxy) is 2. The fourth-order valence-electron chi connectivity index (χ4n) is 7.09. The van der Waals surface area contributed by atoms with E-state index >= 15 is 0 Å². The molecule has 0 amide bonds. The fourth-order valence-corrected chi connectivity index (χ4v) is 7.84. The molecule has 0 spiro atoms. The molecule has 2 unspecified atom stereocenters. The van der Waals surface area contributed by atoms with Gasteiger partial charge in [-0.05, 0) is 83.5 Å². The summed E-state index contributed by atoms with van der Waals surface area (Å²) in [6.45, 7) is 4.31. The van der Waals surface area contributed by atoms with E-state index in [1.165, 1.54) is 96.3 Å². The van der Waals surface area contributed by atoms with Crippen LogP contribution in [0.15, 0.2) is 72.9 Å². The summed E-state index contributed by atoms with van der Waals surface area (Å²) in [4.78, 5) is 35.6. The smallest absolute Gasteiger partial charge is 0.462 e. The van der Waals surface area contributed by atoms with Gasteiger partial charge in [0.05, 0.1) is 27.7 Å². The monoisotopic (exact) mass is 947 g/mol.